The van der Waals surface area contributed by atoms with Crippen LogP contribution in [-0.4, -0.2) is 34.0 Å². The molecule has 0 saturated carbocycles. The van der Waals surface area contributed by atoms with Crippen molar-refractivity contribution in [1.29, 1.82) is 0 Å². The van der Waals surface area contributed by atoms with Crippen molar-refractivity contribution in [2.24, 2.45) is 0 Å². The molecule has 3 rings (SSSR count). The summed E-state index contributed by atoms with van der Waals surface area (Å²) in [6.07, 6.45) is -2.32. The zero-order valence-corrected chi connectivity index (χ0v) is 17.4. The average Bonchev–Trinajstić information content (AvgIpc) is 2.97. The van der Waals surface area contributed by atoms with Crippen LogP contribution in [0.25, 0.3) is 11.0 Å². The fourth-order valence-electron chi connectivity index (χ4n) is 3.40. The molecule has 148 valence electrons. The lowest BCUT2D eigenvalue weighted by atomic mass is 9.99. The number of nitrogens with one attached hydrogen (secondary N) is 1. The van der Waals surface area contributed by atoms with E-state index in [2.05, 4.69) is 10.3 Å². The summed E-state index contributed by atoms with van der Waals surface area (Å²) in [6, 6.07) is 0.709. The molecule has 27 heavy (non-hydrogen) atoms. The first-order chi connectivity index (χ1) is 12.6. The van der Waals surface area contributed by atoms with Crippen molar-refractivity contribution in [3.8, 4) is 5.75 Å². The molecule has 0 spiro atoms. The van der Waals surface area contributed by atoms with Gasteiger partial charge < -0.3 is 14.6 Å². The van der Waals surface area contributed by atoms with Crippen LogP contribution in [0.3, 0.4) is 0 Å². The first-order valence-corrected chi connectivity index (χ1v) is 9.82. The molecule has 1 aliphatic rings. The molecule has 1 saturated heterocycles. The number of piperidine rings is 1. The third kappa shape index (κ3) is 4.23. The van der Waals surface area contributed by atoms with E-state index in [0.29, 0.717) is 16.4 Å². The zero-order chi connectivity index (χ0) is 19.9. The summed E-state index contributed by atoms with van der Waals surface area (Å²) in [5, 5.41) is 3.25. The van der Waals surface area contributed by atoms with Crippen molar-refractivity contribution in [1.82, 2.24) is 14.9 Å². The first-order valence-electron chi connectivity index (χ1n) is 8.74. The number of fused-ring (bicyclic) bond motifs is 1. The van der Waals surface area contributed by atoms with Gasteiger partial charge in [-0.3, -0.25) is 4.79 Å². The molecule has 0 aliphatic carbocycles. The van der Waals surface area contributed by atoms with Gasteiger partial charge in [0.25, 0.3) is 0 Å². The van der Waals surface area contributed by atoms with E-state index in [-0.39, 0.29) is 47.3 Å². The Kier molecular flexibility index (Phi) is 5.72. The highest BCUT2D eigenvalue weighted by Gasteiger charge is 2.36. The number of carbonyl (C=O) groups is 1. The maximum absolute atomic E-state index is 13.7. The molecule has 1 N–H and O–H groups in total. The zero-order valence-electron chi connectivity index (χ0n) is 15.2. The summed E-state index contributed by atoms with van der Waals surface area (Å²) in [5.74, 6) is 0.267. The maximum Gasteiger partial charge on any atom is 0.418 e. The van der Waals surface area contributed by atoms with Crippen molar-refractivity contribution in [3.05, 3.63) is 21.5 Å². The van der Waals surface area contributed by atoms with Crippen LogP contribution in [0.4, 0.5) is 13.2 Å². The minimum absolute atomic E-state index is 0.0360. The van der Waals surface area contributed by atoms with Gasteiger partial charge in [-0.1, -0.05) is 0 Å². The molecular formula is C18H21F3IN3O2. The second kappa shape index (κ2) is 7.57. The highest BCUT2D eigenvalue weighted by atomic mass is 127. The fraction of sp³-hybridized carbons (Fsp3) is 0.556. The van der Waals surface area contributed by atoms with Crippen molar-refractivity contribution in [2.45, 2.75) is 57.9 Å². The molecular weight excluding hydrogens is 474 g/mol. The third-order valence-corrected chi connectivity index (χ3v) is 5.62. The highest BCUT2D eigenvalue weighted by molar-refractivity contribution is 14.1. The van der Waals surface area contributed by atoms with Gasteiger partial charge in [0.2, 0.25) is 0 Å². The van der Waals surface area contributed by atoms with E-state index in [9.17, 15) is 18.0 Å². The number of imidazole rings is 1. The highest BCUT2D eigenvalue weighted by Crippen LogP contribution is 2.41. The van der Waals surface area contributed by atoms with E-state index in [1.54, 1.807) is 0 Å². The van der Waals surface area contributed by atoms with Crippen LogP contribution >= 0.6 is 22.6 Å². The molecule has 0 unspecified atom stereocenters. The van der Waals surface area contributed by atoms with Crippen LogP contribution in [0.15, 0.2) is 12.4 Å². The number of rotatable bonds is 4. The summed E-state index contributed by atoms with van der Waals surface area (Å²) in [6.45, 7) is 5.65. The molecule has 1 aliphatic heterocycles. The Morgan fingerprint density at radius 1 is 1.41 bits per heavy atom. The number of hydrogen-bond donors (Lipinski definition) is 1. The number of carbonyl (C=O) groups excluding carboxylic acids is 1. The second-order valence-electron chi connectivity index (χ2n) is 7.20. The quantitative estimate of drug-likeness (QED) is 0.642. The van der Waals surface area contributed by atoms with Gasteiger partial charge in [0.05, 0.1) is 21.0 Å². The Bertz CT molecular complexity index is 864. The minimum atomic E-state index is -4.53. The van der Waals surface area contributed by atoms with Gasteiger partial charge >= 0.3 is 6.18 Å². The summed E-state index contributed by atoms with van der Waals surface area (Å²) in [5.41, 5.74) is -0.427. The lowest BCUT2D eigenvalue weighted by Gasteiger charge is -2.28. The van der Waals surface area contributed by atoms with Crippen LogP contribution < -0.4 is 10.1 Å². The average molecular weight is 495 g/mol. The molecule has 5 nitrogen and oxygen atoms in total. The fourth-order valence-corrected chi connectivity index (χ4v) is 4.10. The summed E-state index contributed by atoms with van der Waals surface area (Å²) >= 11 is 1.97. The predicted molar refractivity (Wildman–Crippen MR) is 104 cm³/mol. The smallest absolute Gasteiger partial charge is 0.418 e. The number of alkyl halides is 3. The first kappa shape index (κ1) is 20.4. The van der Waals surface area contributed by atoms with Gasteiger partial charge in [-0.2, -0.15) is 13.2 Å². The molecule has 1 aromatic carbocycles. The van der Waals surface area contributed by atoms with Crippen LogP contribution in [-0.2, 0) is 11.0 Å². The van der Waals surface area contributed by atoms with E-state index < -0.39 is 11.7 Å². The molecule has 2 atom stereocenters. The lowest BCUT2D eigenvalue weighted by Crippen LogP contribution is -2.47. The third-order valence-electron chi connectivity index (χ3n) is 4.58. The van der Waals surface area contributed by atoms with Gasteiger partial charge in [-0.25, -0.2) is 4.98 Å². The standard InChI is InChI=1S/C18H21F3IN3O2/c1-9(2)25-8-23-16-15(22)14(6-13(17(16)25)18(19,20)21)27-7-11-5-12(26)4-10(3)24-11/h6,8-11,24H,4-5,7H2,1-3H3/t10-,11-/m0/s1. The van der Waals surface area contributed by atoms with E-state index >= 15 is 0 Å². The molecule has 0 amide bonds. The van der Waals surface area contributed by atoms with E-state index in [0.717, 1.165) is 6.07 Å². The Hall–Kier alpha value is -1.36. The lowest BCUT2D eigenvalue weighted by molar-refractivity contribution is -0.136. The number of ether oxygens (including phenoxy) is 1. The van der Waals surface area contributed by atoms with E-state index in [1.165, 1.54) is 10.9 Å². The van der Waals surface area contributed by atoms with Gasteiger partial charge in [-0.15, -0.1) is 0 Å². The van der Waals surface area contributed by atoms with Gasteiger partial charge in [0, 0.05) is 31.0 Å². The number of Topliss-reactive ketones (excluding diaryl/α,β-unsaturated/α-hetero) is 1. The van der Waals surface area contributed by atoms with Crippen LogP contribution in [0.5, 0.6) is 5.75 Å². The van der Waals surface area contributed by atoms with Crippen molar-refractivity contribution in [2.75, 3.05) is 6.61 Å². The molecule has 1 fully saturated rings. The van der Waals surface area contributed by atoms with Crippen LogP contribution in [0, 0.1) is 3.57 Å². The normalized spacial score (nSPS) is 21.3. The largest absolute Gasteiger partial charge is 0.491 e. The Morgan fingerprint density at radius 2 is 2.11 bits per heavy atom. The van der Waals surface area contributed by atoms with Crippen molar-refractivity contribution in [3.63, 3.8) is 0 Å². The van der Waals surface area contributed by atoms with Gasteiger partial charge in [0.1, 0.15) is 23.7 Å². The second-order valence-corrected chi connectivity index (χ2v) is 8.28. The Balaban J connectivity index is 1.97. The number of ketones is 1. The van der Waals surface area contributed by atoms with Gasteiger partial charge in [-0.05, 0) is 49.4 Å². The van der Waals surface area contributed by atoms with Crippen LogP contribution in [0.2, 0.25) is 0 Å². The number of benzene rings is 1. The Labute approximate surface area is 168 Å². The summed E-state index contributed by atoms with van der Waals surface area (Å²) in [4.78, 5) is 15.9. The molecule has 1 aromatic heterocycles. The summed E-state index contributed by atoms with van der Waals surface area (Å²) < 4.78 is 48.8. The Morgan fingerprint density at radius 3 is 2.70 bits per heavy atom. The molecule has 2 aromatic rings. The number of hydrogen-bond acceptors (Lipinski definition) is 4. The van der Waals surface area contributed by atoms with Crippen molar-refractivity contribution < 1.29 is 22.7 Å². The number of aromatic nitrogens is 2. The van der Waals surface area contributed by atoms with Crippen molar-refractivity contribution >= 4 is 39.4 Å². The van der Waals surface area contributed by atoms with E-state index in [1.807, 2.05) is 43.4 Å². The molecule has 9 heteroatoms. The van der Waals surface area contributed by atoms with Crippen LogP contribution in [0.1, 0.15) is 45.2 Å². The summed E-state index contributed by atoms with van der Waals surface area (Å²) in [7, 11) is 0. The monoisotopic (exact) mass is 495 g/mol. The maximum atomic E-state index is 13.7. The molecule has 0 radical (unpaired) electrons. The molecule has 0 bridgehead atoms. The SMILES string of the molecule is CC(C)n1cnc2c(I)c(OC[C@@H]3CC(=O)C[C@H](C)N3)cc(C(F)(F)F)c21. The van der Waals surface area contributed by atoms with Gasteiger partial charge in [0.15, 0.2) is 0 Å². The number of halogens is 4. The topological polar surface area (TPSA) is 56.2 Å². The van der Waals surface area contributed by atoms with E-state index in [4.69, 9.17) is 4.74 Å². The molecule has 2 heterocycles. The predicted octanol–water partition coefficient (Wildman–Crippen LogP) is 4.33. The minimum Gasteiger partial charge on any atom is -0.491 e. The number of nitrogens with zero attached hydrogens (tertiary/aromatic N) is 2.